The fraction of sp³-hybridized carbons (Fsp3) is 0.333. The lowest BCUT2D eigenvalue weighted by molar-refractivity contribution is -0.0200. The molecule has 0 unspecified atom stereocenters. The normalized spacial score (nSPS) is 15.6. The minimum Gasteiger partial charge on any atom is -0.450 e. The molecule has 0 bridgehead atoms. The van der Waals surface area contributed by atoms with E-state index in [0.717, 1.165) is 5.56 Å². The maximum atomic E-state index is 5.05. The summed E-state index contributed by atoms with van der Waals surface area (Å²) in [5.74, 6) is 0.640. The smallest absolute Gasteiger partial charge is 0.224 e. The number of ether oxygens (including phenoxy) is 2. The lowest BCUT2D eigenvalue weighted by atomic mass is 10.3. The van der Waals surface area contributed by atoms with Gasteiger partial charge < -0.3 is 9.47 Å². The predicted octanol–water partition coefficient (Wildman–Crippen LogP) is 0.343. The van der Waals surface area contributed by atoms with Crippen LogP contribution in [0.2, 0.25) is 0 Å². The number of hydrogen-bond donors (Lipinski definition) is 0. The highest BCUT2D eigenvalue weighted by atomic mass is 16.7. The van der Waals surface area contributed by atoms with E-state index in [1.165, 1.54) is 6.33 Å². The summed E-state index contributed by atoms with van der Waals surface area (Å²) in [4.78, 5) is 7.73. The SMILES string of the molecule is c1ncc2c(n1)OCOC2. The van der Waals surface area contributed by atoms with E-state index in [-0.39, 0.29) is 0 Å². The van der Waals surface area contributed by atoms with Crippen molar-refractivity contribution < 1.29 is 9.47 Å². The van der Waals surface area contributed by atoms with E-state index < -0.39 is 0 Å². The van der Waals surface area contributed by atoms with Crippen LogP contribution in [0.25, 0.3) is 0 Å². The highest BCUT2D eigenvalue weighted by Gasteiger charge is 2.09. The first-order chi connectivity index (χ1) is 4.97. The zero-order chi connectivity index (χ0) is 6.81. The zero-order valence-electron chi connectivity index (χ0n) is 5.28. The highest BCUT2D eigenvalue weighted by Crippen LogP contribution is 2.17. The summed E-state index contributed by atoms with van der Waals surface area (Å²) in [6.07, 6.45) is 3.16. The minimum absolute atomic E-state index is 0.296. The van der Waals surface area contributed by atoms with Crippen molar-refractivity contribution in [3.05, 3.63) is 18.1 Å². The average molecular weight is 138 g/mol. The van der Waals surface area contributed by atoms with E-state index in [2.05, 4.69) is 9.97 Å². The number of nitrogens with zero attached hydrogens (tertiary/aromatic N) is 2. The topological polar surface area (TPSA) is 44.2 Å². The molecule has 0 fully saturated rings. The Labute approximate surface area is 57.8 Å². The van der Waals surface area contributed by atoms with Gasteiger partial charge in [0.05, 0.1) is 12.2 Å². The summed E-state index contributed by atoms with van der Waals surface area (Å²) in [7, 11) is 0. The van der Waals surface area contributed by atoms with Crippen molar-refractivity contribution in [3.8, 4) is 5.88 Å². The molecule has 4 nitrogen and oxygen atoms in total. The Bertz CT molecular complexity index is 214. The van der Waals surface area contributed by atoms with Gasteiger partial charge in [-0.25, -0.2) is 9.97 Å². The Morgan fingerprint density at radius 3 is 3.40 bits per heavy atom. The van der Waals surface area contributed by atoms with E-state index in [1.54, 1.807) is 6.20 Å². The van der Waals surface area contributed by atoms with E-state index in [0.29, 0.717) is 19.3 Å². The summed E-state index contributed by atoms with van der Waals surface area (Å²) in [5, 5.41) is 0. The van der Waals surface area contributed by atoms with Crippen molar-refractivity contribution >= 4 is 0 Å². The van der Waals surface area contributed by atoms with Crippen molar-refractivity contribution in [1.29, 1.82) is 0 Å². The second-order valence-corrected chi connectivity index (χ2v) is 1.96. The molecular formula is C6H6N2O2. The molecule has 0 radical (unpaired) electrons. The lowest BCUT2D eigenvalue weighted by Gasteiger charge is -2.14. The maximum Gasteiger partial charge on any atom is 0.224 e. The molecule has 1 aromatic heterocycles. The van der Waals surface area contributed by atoms with E-state index in [1.807, 2.05) is 0 Å². The van der Waals surface area contributed by atoms with Gasteiger partial charge in [-0.2, -0.15) is 0 Å². The summed E-state index contributed by atoms with van der Waals surface area (Å²) < 4.78 is 10.0. The molecule has 2 heterocycles. The first-order valence-electron chi connectivity index (χ1n) is 2.96. The van der Waals surface area contributed by atoms with Crippen LogP contribution in [0.3, 0.4) is 0 Å². The molecule has 1 aromatic rings. The van der Waals surface area contributed by atoms with Gasteiger partial charge in [-0.3, -0.25) is 0 Å². The van der Waals surface area contributed by atoms with Crippen molar-refractivity contribution in [3.63, 3.8) is 0 Å². The molecule has 52 valence electrons. The molecule has 0 aromatic carbocycles. The molecule has 0 N–H and O–H groups in total. The van der Waals surface area contributed by atoms with Gasteiger partial charge in [0.25, 0.3) is 0 Å². The van der Waals surface area contributed by atoms with Crippen molar-refractivity contribution in [2.75, 3.05) is 6.79 Å². The summed E-state index contributed by atoms with van der Waals surface area (Å²) >= 11 is 0. The van der Waals surface area contributed by atoms with Gasteiger partial charge in [-0.05, 0) is 0 Å². The first-order valence-corrected chi connectivity index (χ1v) is 2.96. The standard InChI is InChI=1S/C6H6N2O2/c1-5-2-9-4-10-6(5)8-3-7-1/h1,3H,2,4H2. The molecule has 0 saturated heterocycles. The number of fused-ring (bicyclic) bond motifs is 1. The molecule has 10 heavy (non-hydrogen) atoms. The second-order valence-electron chi connectivity index (χ2n) is 1.96. The Kier molecular flexibility index (Phi) is 1.25. The molecule has 0 saturated carbocycles. The van der Waals surface area contributed by atoms with Gasteiger partial charge in [0.1, 0.15) is 6.33 Å². The van der Waals surface area contributed by atoms with Crippen molar-refractivity contribution in [1.82, 2.24) is 9.97 Å². The predicted molar refractivity (Wildman–Crippen MR) is 32.3 cm³/mol. The summed E-state index contributed by atoms with van der Waals surface area (Å²) in [6, 6.07) is 0. The van der Waals surface area contributed by atoms with Crippen LogP contribution in [-0.2, 0) is 11.3 Å². The Morgan fingerprint density at radius 1 is 1.50 bits per heavy atom. The molecule has 0 atom stereocenters. The van der Waals surface area contributed by atoms with Crippen LogP contribution in [0, 0.1) is 0 Å². The molecule has 2 rings (SSSR count). The van der Waals surface area contributed by atoms with Gasteiger partial charge in [0.15, 0.2) is 6.79 Å². The molecule has 0 amide bonds. The molecule has 1 aliphatic heterocycles. The van der Waals surface area contributed by atoms with Gasteiger partial charge in [-0.1, -0.05) is 0 Å². The number of hydrogen-bond acceptors (Lipinski definition) is 4. The van der Waals surface area contributed by atoms with Crippen LogP contribution >= 0.6 is 0 Å². The Balaban J connectivity index is 2.41. The van der Waals surface area contributed by atoms with E-state index in [4.69, 9.17) is 9.47 Å². The van der Waals surface area contributed by atoms with Crippen LogP contribution in [0.15, 0.2) is 12.5 Å². The first kappa shape index (κ1) is 5.61. The zero-order valence-corrected chi connectivity index (χ0v) is 5.28. The largest absolute Gasteiger partial charge is 0.450 e. The molecule has 1 aliphatic rings. The van der Waals surface area contributed by atoms with Crippen LogP contribution in [-0.4, -0.2) is 16.8 Å². The van der Waals surface area contributed by atoms with Crippen LogP contribution in [0.5, 0.6) is 5.88 Å². The Morgan fingerprint density at radius 2 is 2.50 bits per heavy atom. The van der Waals surface area contributed by atoms with Crippen molar-refractivity contribution in [2.45, 2.75) is 6.61 Å². The fourth-order valence-electron chi connectivity index (χ4n) is 0.825. The molecule has 0 spiro atoms. The Hall–Kier alpha value is -1.16. The van der Waals surface area contributed by atoms with Gasteiger partial charge >= 0.3 is 0 Å². The van der Waals surface area contributed by atoms with Gasteiger partial charge in [0.2, 0.25) is 5.88 Å². The quantitative estimate of drug-likeness (QED) is 0.518. The highest BCUT2D eigenvalue weighted by molar-refractivity contribution is 5.21. The number of rotatable bonds is 0. The van der Waals surface area contributed by atoms with Gasteiger partial charge in [0, 0.05) is 6.20 Å². The van der Waals surface area contributed by atoms with Crippen LogP contribution < -0.4 is 4.74 Å². The van der Waals surface area contributed by atoms with Crippen LogP contribution in [0.1, 0.15) is 5.56 Å². The van der Waals surface area contributed by atoms with E-state index in [9.17, 15) is 0 Å². The molecule has 4 heteroatoms. The summed E-state index contributed by atoms with van der Waals surface area (Å²) in [5.41, 5.74) is 0.911. The van der Waals surface area contributed by atoms with Crippen molar-refractivity contribution in [2.24, 2.45) is 0 Å². The maximum absolute atomic E-state index is 5.05. The number of aromatic nitrogens is 2. The monoisotopic (exact) mass is 138 g/mol. The van der Waals surface area contributed by atoms with Gasteiger partial charge in [-0.15, -0.1) is 0 Å². The third-order valence-corrected chi connectivity index (χ3v) is 1.28. The lowest BCUT2D eigenvalue weighted by Crippen LogP contribution is -2.12. The summed E-state index contributed by atoms with van der Waals surface area (Å²) in [6.45, 7) is 0.847. The second kappa shape index (κ2) is 2.22. The average Bonchev–Trinajstić information content (AvgIpc) is 2.05. The molecule has 0 aliphatic carbocycles. The molecular weight excluding hydrogens is 132 g/mol. The third kappa shape index (κ3) is 0.823. The third-order valence-electron chi connectivity index (χ3n) is 1.28. The fourth-order valence-corrected chi connectivity index (χ4v) is 0.825. The van der Waals surface area contributed by atoms with E-state index >= 15 is 0 Å². The van der Waals surface area contributed by atoms with Crippen LogP contribution in [0.4, 0.5) is 0 Å². The minimum atomic E-state index is 0.296.